The number of carbonyl (C=O) groups excluding carboxylic acids is 1. The van der Waals surface area contributed by atoms with E-state index in [2.05, 4.69) is 10.6 Å². The Bertz CT molecular complexity index is 299. The molecule has 1 rings (SSSR count). The Labute approximate surface area is 87.6 Å². The molecule has 14 heavy (non-hydrogen) atoms. The van der Waals surface area contributed by atoms with Crippen LogP contribution in [0.2, 0.25) is 5.22 Å². The number of rotatable bonds is 5. The van der Waals surface area contributed by atoms with Crippen LogP contribution < -0.4 is 10.6 Å². The molecule has 0 radical (unpaired) electrons. The summed E-state index contributed by atoms with van der Waals surface area (Å²) in [5.41, 5.74) is 0. The Hall–Kier alpha value is -1.00. The third-order valence-electron chi connectivity index (χ3n) is 1.59. The second-order valence-corrected chi connectivity index (χ2v) is 3.14. The summed E-state index contributed by atoms with van der Waals surface area (Å²) in [5.74, 6) is 0.699. The predicted molar refractivity (Wildman–Crippen MR) is 54.1 cm³/mol. The van der Waals surface area contributed by atoms with Gasteiger partial charge in [-0.05, 0) is 30.7 Å². The predicted octanol–water partition coefficient (Wildman–Crippen LogP) is 1.16. The Kier molecular flexibility index (Phi) is 4.49. The standard InChI is InChI=1S/C9H13ClN2O2/c1-2-12-9(13)6-11-5-7-3-4-8(10)14-7/h3-4,11H,2,5-6H2,1H3,(H,12,13). The van der Waals surface area contributed by atoms with Crippen LogP contribution in [0.3, 0.4) is 0 Å². The number of furan rings is 1. The highest BCUT2D eigenvalue weighted by Gasteiger charge is 2.01. The molecule has 0 atom stereocenters. The van der Waals surface area contributed by atoms with Crippen molar-refractivity contribution in [2.75, 3.05) is 13.1 Å². The smallest absolute Gasteiger partial charge is 0.233 e. The van der Waals surface area contributed by atoms with Crippen LogP contribution in [0, 0.1) is 0 Å². The van der Waals surface area contributed by atoms with Gasteiger partial charge in [0.15, 0.2) is 5.22 Å². The number of halogens is 1. The van der Waals surface area contributed by atoms with Gasteiger partial charge in [0.05, 0.1) is 13.1 Å². The van der Waals surface area contributed by atoms with Crippen LogP contribution in [0.15, 0.2) is 16.5 Å². The van der Waals surface area contributed by atoms with E-state index in [9.17, 15) is 4.79 Å². The Balaban J connectivity index is 2.18. The lowest BCUT2D eigenvalue weighted by molar-refractivity contribution is -0.120. The van der Waals surface area contributed by atoms with Gasteiger partial charge in [-0.1, -0.05) is 0 Å². The van der Waals surface area contributed by atoms with Gasteiger partial charge >= 0.3 is 0 Å². The molecule has 0 aromatic carbocycles. The van der Waals surface area contributed by atoms with Crippen molar-refractivity contribution in [2.45, 2.75) is 13.5 Å². The maximum Gasteiger partial charge on any atom is 0.233 e. The van der Waals surface area contributed by atoms with Crippen molar-refractivity contribution in [1.29, 1.82) is 0 Å². The van der Waals surface area contributed by atoms with Gasteiger partial charge in [-0.2, -0.15) is 0 Å². The summed E-state index contributed by atoms with van der Waals surface area (Å²) in [4.78, 5) is 11.0. The molecule has 5 heteroatoms. The number of hydrogen-bond donors (Lipinski definition) is 2. The van der Waals surface area contributed by atoms with Crippen LogP contribution in [0.25, 0.3) is 0 Å². The van der Waals surface area contributed by atoms with Gasteiger partial charge in [0.25, 0.3) is 0 Å². The number of carbonyl (C=O) groups is 1. The van der Waals surface area contributed by atoms with Crippen LogP contribution in [-0.2, 0) is 11.3 Å². The van der Waals surface area contributed by atoms with Crippen LogP contribution in [0.5, 0.6) is 0 Å². The van der Waals surface area contributed by atoms with Crippen molar-refractivity contribution in [3.05, 3.63) is 23.1 Å². The van der Waals surface area contributed by atoms with Crippen molar-refractivity contribution < 1.29 is 9.21 Å². The van der Waals surface area contributed by atoms with Gasteiger partial charge in [-0.3, -0.25) is 4.79 Å². The monoisotopic (exact) mass is 216 g/mol. The fourth-order valence-corrected chi connectivity index (χ4v) is 1.17. The molecule has 0 spiro atoms. The molecule has 78 valence electrons. The van der Waals surface area contributed by atoms with E-state index < -0.39 is 0 Å². The normalized spacial score (nSPS) is 10.1. The fourth-order valence-electron chi connectivity index (χ4n) is 1.01. The van der Waals surface area contributed by atoms with E-state index >= 15 is 0 Å². The highest BCUT2D eigenvalue weighted by molar-refractivity contribution is 6.28. The second-order valence-electron chi connectivity index (χ2n) is 2.76. The molecule has 0 aliphatic rings. The minimum absolute atomic E-state index is 0.0230. The highest BCUT2D eigenvalue weighted by Crippen LogP contribution is 2.12. The van der Waals surface area contributed by atoms with Gasteiger partial charge in [0.1, 0.15) is 5.76 Å². The van der Waals surface area contributed by atoms with Gasteiger partial charge in [0.2, 0.25) is 5.91 Å². The number of likely N-dealkylation sites (N-methyl/N-ethyl adjacent to an activating group) is 1. The van der Waals surface area contributed by atoms with E-state index in [0.29, 0.717) is 18.3 Å². The zero-order chi connectivity index (χ0) is 10.4. The van der Waals surface area contributed by atoms with Crippen LogP contribution in [0.1, 0.15) is 12.7 Å². The first-order valence-corrected chi connectivity index (χ1v) is 4.81. The molecular weight excluding hydrogens is 204 g/mol. The zero-order valence-electron chi connectivity index (χ0n) is 7.97. The summed E-state index contributed by atoms with van der Waals surface area (Å²) in [6.07, 6.45) is 0. The van der Waals surface area contributed by atoms with E-state index in [1.54, 1.807) is 12.1 Å². The lowest BCUT2D eigenvalue weighted by Crippen LogP contribution is -2.33. The Morgan fingerprint density at radius 3 is 2.93 bits per heavy atom. The maximum atomic E-state index is 11.0. The van der Waals surface area contributed by atoms with Gasteiger partial charge in [0, 0.05) is 6.54 Å². The van der Waals surface area contributed by atoms with Crippen LogP contribution >= 0.6 is 11.6 Å². The molecule has 0 aliphatic heterocycles. The summed E-state index contributed by atoms with van der Waals surface area (Å²) in [6.45, 7) is 3.31. The summed E-state index contributed by atoms with van der Waals surface area (Å²) in [6, 6.07) is 3.44. The largest absolute Gasteiger partial charge is 0.448 e. The summed E-state index contributed by atoms with van der Waals surface area (Å²) >= 11 is 5.58. The molecule has 4 nitrogen and oxygen atoms in total. The van der Waals surface area contributed by atoms with Crippen molar-refractivity contribution in [3.8, 4) is 0 Å². The molecule has 1 heterocycles. The molecule has 0 saturated heterocycles. The molecule has 0 aliphatic carbocycles. The van der Waals surface area contributed by atoms with Gasteiger partial charge in [-0.15, -0.1) is 0 Å². The SMILES string of the molecule is CCNC(=O)CNCc1ccc(Cl)o1. The average Bonchev–Trinajstić information content (AvgIpc) is 2.52. The second kappa shape index (κ2) is 5.67. The molecule has 0 fully saturated rings. The van der Waals surface area contributed by atoms with Crippen molar-refractivity contribution in [3.63, 3.8) is 0 Å². The van der Waals surface area contributed by atoms with Crippen molar-refractivity contribution >= 4 is 17.5 Å². The Morgan fingerprint density at radius 2 is 2.36 bits per heavy atom. The molecule has 2 N–H and O–H groups in total. The van der Waals surface area contributed by atoms with Crippen LogP contribution in [0.4, 0.5) is 0 Å². The summed E-state index contributed by atoms with van der Waals surface area (Å²) < 4.78 is 5.10. The number of nitrogens with one attached hydrogen (secondary N) is 2. The first-order valence-electron chi connectivity index (χ1n) is 4.44. The molecule has 1 amide bonds. The molecule has 1 aromatic heterocycles. The number of hydrogen-bond acceptors (Lipinski definition) is 3. The average molecular weight is 217 g/mol. The maximum absolute atomic E-state index is 11.0. The Morgan fingerprint density at radius 1 is 1.57 bits per heavy atom. The number of amides is 1. The van der Waals surface area contributed by atoms with Crippen molar-refractivity contribution in [1.82, 2.24) is 10.6 Å². The molecule has 0 bridgehead atoms. The van der Waals surface area contributed by atoms with Crippen LogP contribution in [-0.4, -0.2) is 19.0 Å². The minimum atomic E-state index is -0.0230. The third kappa shape index (κ3) is 3.81. The van der Waals surface area contributed by atoms with Crippen molar-refractivity contribution in [2.24, 2.45) is 0 Å². The van der Waals surface area contributed by atoms with E-state index in [0.717, 1.165) is 5.76 Å². The van der Waals surface area contributed by atoms with E-state index in [1.165, 1.54) is 0 Å². The topological polar surface area (TPSA) is 54.3 Å². The summed E-state index contributed by atoms with van der Waals surface area (Å²) in [7, 11) is 0. The zero-order valence-corrected chi connectivity index (χ0v) is 8.73. The summed E-state index contributed by atoms with van der Waals surface area (Å²) in [5, 5.41) is 5.97. The molecule has 0 unspecified atom stereocenters. The first kappa shape index (κ1) is 11.1. The lowest BCUT2D eigenvalue weighted by atomic mass is 10.4. The van der Waals surface area contributed by atoms with E-state index in [-0.39, 0.29) is 12.5 Å². The first-order chi connectivity index (χ1) is 6.72. The van der Waals surface area contributed by atoms with E-state index in [1.807, 2.05) is 6.92 Å². The quantitative estimate of drug-likeness (QED) is 0.777. The van der Waals surface area contributed by atoms with E-state index in [4.69, 9.17) is 16.0 Å². The fraction of sp³-hybridized carbons (Fsp3) is 0.444. The molecule has 1 aromatic rings. The van der Waals surface area contributed by atoms with Gasteiger partial charge < -0.3 is 15.1 Å². The van der Waals surface area contributed by atoms with Gasteiger partial charge in [-0.25, -0.2) is 0 Å². The minimum Gasteiger partial charge on any atom is -0.448 e. The molecular formula is C9H13ClN2O2. The third-order valence-corrected chi connectivity index (χ3v) is 1.79. The highest BCUT2D eigenvalue weighted by atomic mass is 35.5. The molecule has 0 saturated carbocycles. The lowest BCUT2D eigenvalue weighted by Gasteiger charge is -2.02.